The number of hydrogen-bond acceptors (Lipinski definition) is 2. The standard InChI is InChI=1S/C19H18O2/c1-13-15-8-5-4-7-14(15)11-12-16(13)19-17(20-2)9-6-10-18(19)21-3/h4-12H,1-3H3. The van der Waals surface area contributed by atoms with Gasteiger partial charge in [-0.3, -0.25) is 0 Å². The molecule has 2 heteroatoms. The Labute approximate surface area is 124 Å². The molecule has 0 radical (unpaired) electrons. The number of ether oxygens (including phenoxy) is 2. The van der Waals surface area contributed by atoms with Crippen molar-refractivity contribution >= 4 is 10.8 Å². The van der Waals surface area contributed by atoms with Crippen molar-refractivity contribution in [3.63, 3.8) is 0 Å². The molecule has 0 unspecified atom stereocenters. The van der Waals surface area contributed by atoms with Crippen molar-refractivity contribution in [3.8, 4) is 22.6 Å². The summed E-state index contributed by atoms with van der Waals surface area (Å²) in [6, 6.07) is 18.6. The number of methoxy groups -OCH3 is 2. The van der Waals surface area contributed by atoms with Gasteiger partial charge in [0.25, 0.3) is 0 Å². The molecule has 106 valence electrons. The van der Waals surface area contributed by atoms with Crippen LogP contribution in [0.15, 0.2) is 54.6 Å². The third kappa shape index (κ3) is 2.23. The fourth-order valence-electron chi connectivity index (χ4n) is 2.81. The number of hydrogen-bond donors (Lipinski definition) is 0. The lowest BCUT2D eigenvalue weighted by molar-refractivity contribution is 0.397. The van der Waals surface area contributed by atoms with Crippen LogP contribution in [0.2, 0.25) is 0 Å². The normalized spacial score (nSPS) is 10.6. The minimum absolute atomic E-state index is 0.827. The predicted octanol–water partition coefficient (Wildman–Crippen LogP) is 4.83. The van der Waals surface area contributed by atoms with Crippen LogP contribution in [0.3, 0.4) is 0 Å². The largest absolute Gasteiger partial charge is 0.496 e. The van der Waals surface area contributed by atoms with Crippen molar-refractivity contribution in [2.24, 2.45) is 0 Å². The summed E-state index contributed by atoms with van der Waals surface area (Å²) >= 11 is 0. The highest BCUT2D eigenvalue weighted by molar-refractivity contribution is 5.93. The lowest BCUT2D eigenvalue weighted by Crippen LogP contribution is -1.95. The molecule has 0 aromatic heterocycles. The first-order valence-corrected chi connectivity index (χ1v) is 6.96. The smallest absolute Gasteiger partial charge is 0.130 e. The Balaban J connectivity index is 2.33. The number of aryl methyl sites for hydroxylation is 1. The van der Waals surface area contributed by atoms with Gasteiger partial charge in [0.2, 0.25) is 0 Å². The van der Waals surface area contributed by atoms with Crippen molar-refractivity contribution in [2.75, 3.05) is 14.2 Å². The number of fused-ring (bicyclic) bond motifs is 1. The molecule has 0 atom stereocenters. The molecule has 21 heavy (non-hydrogen) atoms. The van der Waals surface area contributed by atoms with Gasteiger partial charge in [-0.25, -0.2) is 0 Å². The lowest BCUT2D eigenvalue weighted by atomic mass is 9.94. The first-order valence-electron chi connectivity index (χ1n) is 6.96. The molecule has 0 fully saturated rings. The minimum atomic E-state index is 0.827. The van der Waals surface area contributed by atoms with Gasteiger partial charge in [0, 0.05) is 0 Å². The Morgan fingerprint density at radius 3 is 2.05 bits per heavy atom. The SMILES string of the molecule is COc1cccc(OC)c1-c1ccc2ccccc2c1C. The molecule has 0 spiro atoms. The van der Waals surface area contributed by atoms with Crippen LogP contribution < -0.4 is 9.47 Å². The van der Waals surface area contributed by atoms with E-state index in [1.54, 1.807) is 14.2 Å². The Bertz CT molecular complexity index is 768. The monoisotopic (exact) mass is 278 g/mol. The van der Waals surface area contributed by atoms with E-state index in [0.717, 1.165) is 22.6 Å². The van der Waals surface area contributed by atoms with Crippen molar-refractivity contribution < 1.29 is 9.47 Å². The van der Waals surface area contributed by atoms with Gasteiger partial charge in [-0.1, -0.05) is 42.5 Å². The van der Waals surface area contributed by atoms with E-state index in [4.69, 9.17) is 9.47 Å². The van der Waals surface area contributed by atoms with E-state index < -0.39 is 0 Å². The molecule has 0 aliphatic rings. The fourth-order valence-corrected chi connectivity index (χ4v) is 2.81. The van der Waals surface area contributed by atoms with E-state index in [1.807, 2.05) is 18.2 Å². The summed E-state index contributed by atoms with van der Waals surface area (Å²) in [7, 11) is 3.38. The minimum Gasteiger partial charge on any atom is -0.496 e. The Morgan fingerprint density at radius 1 is 0.714 bits per heavy atom. The van der Waals surface area contributed by atoms with Crippen LogP contribution in [-0.2, 0) is 0 Å². The van der Waals surface area contributed by atoms with Crippen LogP contribution in [0.5, 0.6) is 11.5 Å². The lowest BCUT2D eigenvalue weighted by Gasteiger charge is -2.16. The Kier molecular flexibility index (Phi) is 3.53. The highest BCUT2D eigenvalue weighted by Crippen LogP contribution is 2.41. The summed E-state index contributed by atoms with van der Waals surface area (Å²) in [5.41, 5.74) is 3.38. The molecule has 0 aliphatic heterocycles. The molecule has 0 bridgehead atoms. The van der Waals surface area contributed by atoms with E-state index in [2.05, 4.69) is 43.3 Å². The third-order valence-electron chi connectivity index (χ3n) is 3.90. The van der Waals surface area contributed by atoms with Crippen molar-refractivity contribution in [1.82, 2.24) is 0 Å². The quantitative estimate of drug-likeness (QED) is 0.683. The van der Waals surface area contributed by atoms with Gasteiger partial charge in [-0.15, -0.1) is 0 Å². The van der Waals surface area contributed by atoms with Gasteiger partial charge in [0.1, 0.15) is 11.5 Å². The van der Waals surface area contributed by atoms with Crippen molar-refractivity contribution in [2.45, 2.75) is 6.92 Å². The summed E-state index contributed by atoms with van der Waals surface area (Å²) in [5.74, 6) is 1.65. The van der Waals surface area contributed by atoms with Crippen LogP contribution in [0, 0.1) is 6.92 Å². The van der Waals surface area contributed by atoms with E-state index in [0.29, 0.717) is 0 Å². The summed E-state index contributed by atoms with van der Waals surface area (Å²) in [4.78, 5) is 0. The molecule has 0 heterocycles. The Hall–Kier alpha value is -2.48. The molecule has 3 rings (SSSR count). The van der Waals surface area contributed by atoms with E-state index in [9.17, 15) is 0 Å². The van der Waals surface area contributed by atoms with Gasteiger partial charge in [0.05, 0.1) is 19.8 Å². The summed E-state index contributed by atoms with van der Waals surface area (Å²) in [6.07, 6.45) is 0. The Morgan fingerprint density at radius 2 is 1.38 bits per heavy atom. The average Bonchev–Trinajstić information content (AvgIpc) is 2.55. The van der Waals surface area contributed by atoms with Gasteiger partial charge in [-0.2, -0.15) is 0 Å². The fraction of sp³-hybridized carbons (Fsp3) is 0.158. The molecule has 3 aromatic rings. The average molecular weight is 278 g/mol. The first kappa shape index (κ1) is 13.5. The second-order valence-corrected chi connectivity index (χ2v) is 5.00. The van der Waals surface area contributed by atoms with Gasteiger partial charge in [0.15, 0.2) is 0 Å². The van der Waals surface area contributed by atoms with Gasteiger partial charge < -0.3 is 9.47 Å². The summed E-state index contributed by atoms with van der Waals surface area (Å²) in [5, 5.41) is 2.50. The molecular formula is C19H18O2. The summed E-state index contributed by atoms with van der Waals surface area (Å²) < 4.78 is 11.1. The number of benzene rings is 3. The molecule has 2 nitrogen and oxygen atoms in total. The highest BCUT2D eigenvalue weighted by Gasteiger charge is 2.15. The van der Waals surface area contributed by atoms with Crippen molar-refractivity contribution in [1.29, 1.82) is 0 Å². The highest BCUT2D eigenvalue weighted by atomic mass is 16.5. The van der Waals surface area contributed by atoms with Crippen LogP contribution in [-0.4, -0.2) is 14.2 Å². The maximum atomic E-state index is 5.53. The topological polar surface area (TPSA) is 18.5 Å². The first-order chi connectivity index (χ1) is 10.3. The van der Waals surface area contributed by atoms with E-state index in [-0.39, 0.29) is 0 Å². The zero-order valence-electron chi connectivity index (χ0n) is 12.5. The molecule has 0 aliphatic carbocycles. The van der Waals surface area contributed by atoms with Gasteiger partial charge in [-0.05, 0) is 41.0 Å². The molecule has 0 N–H and O–H groups in total. The maximum absolute atomic E-state index is 5.53. The number of rotatable bonds is 3. The second-order valence-electron chi connectivity index (χ2n) is 5.00. The molecule has 0 amide bonds. The molecule has 0 saturated heterocycles. The molecular weight excluding hydrogens is 260 g/mol. The van der Waals surface area contributed by atoms with Crippen LogP contribution in [0.4, 0.5) is 0 Å². The van der Waals surface area contributed by atoms with E-state index in [1.165, 1.54) is 16.3 Å². The van der Waals surface area contributed by atoms with Crippen molar-refractivity contribution in [3.05, 3.63) is 60.2 Å². The second kappa shape index (κ2) is 5.49. The maximum Gasteiger partial charge on any atom is 0.130 e. The zero-order chi connectivity index (χ0) is 14.8. The van der Waals surface area contributed by atoms with Crippen LogP contribution in [0.25, 0.3) is 21.9 Å². The van der Waals surface area contributed by atoms with Crippen LogP contribution >= 0.6 is 0 Å². The van der Waals surface area contributed by atoms with Gasteiger partial charge >= 0.3 is 0 Å². The molecule has 0 saturated carbocycles. The predicted molar refractivity (Wildman–Crippen MR) is 87.2 cm³/mol. The van der Waals surface area contributed by atoms with Crippen LogP contribution in [0.1, 0.15) is 5.56 Å². The summed E-state index contributed by atoms with van der Waals surface area (Å²) in [6.45, 7) is 2.14. The third-order valence-corrected chi connectivity index (χ3v) is 3.90. The zero-order valence-corrected chi connectivity index (χ0v) is 12.5. The van der Waals surface area contributed by atoms with E-state index >= 15 is 0 Å². The molecule has 3 aromatic carbocycles.